The van der Waals surface area contributed by atoms with E-state index in [1.807, 2.05) is 0 Å². The van der Waals surface area contributed by atoms with Crippen molar-refractivity contribution in [2.75, 3.05) is 32.8 Å². The first kappa shape index (κ1) is 14.0. The lowest BCUT2D eigenvalue weighted by Crippen LogP contribution is -2.49. The van der Waals surface area contributed by atoms with Crippen LogP contribution in [-0.4, -0.2) is 48.8 Å². The highest BCUT2D eigenvalue weighted by molar-refractivity contribution is 9.10. The molecule has 1 saturated heterocycles. The van der Waals surface area contributed by atoms with Crippen LogP contribution >= 0.6 is 15.9 Å². The minimum atomic E-state index is 0.260. The van der Waals surface area contributed by atoms with Gasteiger partial charge in [0.2, 0.25) is 0 Å². The fourth-order valence-electron chi connectivity index (χ4n) is 2.42. The Hall–Kier alpha value is -0.420. The van der Waals surface area contributed by atoms with Gasteiger partial charge in [-0.2, -0.15) is 0 Å². The van der Waals surface area contributed by atoms with Gasteiger partial charge in [0.25, 0.3) is 0 Å². The normalized spacial score (nSPS) is 18.8. The zero-order valence-electron chi connectivity index (χ0n) is 10.6. The van der Waals surface area contributed by atoms with Gasteiger partial charge in [0, 0.05) is 36.7 Å². The second kappa shape index (κ2) is 7.24. The van der Waals surface area contributed by atoms with Crippen LogP contribution in [0.3, 0.4) is 0 Å². The predicted molar refractivity (Wildman–Crippen MR) is 77.8 cm³/mol. The monoisotopic (exact) mass is 312 g/mol. The van der Waals surface area contributed by atoms with Crippen molar-refractivity contribution in [2.24, 2.45) is 0 Å². The van der Waals surface area contributed by atoms with Crippen molar-refractivity contribution in [1.82, 2.24) is 10.2 Å². The number of aliphatic hydroxyl groups excluding tert-OH is 1. The van der Waals surface area contributed by atoms with Gasteiger partial charge in [-0.1, -0.05) is 28.1 Å². The van der Waals surface area contributed by atoms with Crippen LogP contribution in [0.25, 0.3) is 0 Å². The number of hydrogen-bond acceptors (Lipinski definition) is 3. The number of halogens is 1. The summed E-state index contributed by atoms with van der Waals surface area (Å²) in [6, 6.07) is 8.75. The first-order valence-electron chi connectivity index (χ1n) is 6.59. The maximum Gasteiger partial charge on any atom is 0.0587 e. The highest BCUT2D eigenvalue weighted by Gasteiger charge is 2.19. The number of benzene rings is 1. The van der Waals surface area contributed by atoms with Gasteiger partial charge >= 0.3 is 0 Å². The summed E-state index contributed by atoms with van der Waals surface area (Å²) in [6.45, 7) is 4.43. The maximum absolute atomic E-state index is 9.53. The van der Waals surface area contributed by atoms with Crippen LogP contribution in [0, 0.1) is 0 Å². The average molecular weight is 313 g/mol. The molecule has 0 aromatic heterocycles. The first-order chi connectivity index (χ1) is 8.79. The van der Waals surface area contributed by atoms with E-state index in [9.17, 15) is 5.11 Å². The van der Waals surface area contributed by atoms with E-state index < -0.39 is 0 Å². The van der Waals surface area contributed by atoms with Crippen LogP contribution in [0.1, 0.15) is 12.0 Å². The van der Waals surface area contributed by atoms with Gasteiger partial charge in [0.1, 0.15) is 0 Å². The third-order valence-corrected chi connectivity index (χ3v) is 4.09. The third kappa shape index (κ3) is 4.05. The molecule has 1 heterocycles. The van der Waals surface area contributed by atoms with Gasteiger partial charge in [-0.15, -0.1) is 0 Å². The Morgan fingerprint density at radius 2 is 1.89 bits per heavy atom. The van der Waals surface area contributed by atoms with Gasteiger partial charge in [-0.05, 0) is 30.5 Å². The zero-order valence-corrected chi connectivity index (χ0v) is 12.2. The third-order valence-electron chi connectivity index (χ3n) is 3.56. The molecule has 1 fully saturated rings. The molecule has 0 bridgehead atoms. The summed E-state index contributed by atoms with van der Waals surface area (Å²) in [4.78, 5) is 2.40. The van der Waals surface area contributed by atoms with Crippen LogP contribution in [-0.2, 0) is 6.42 Å². The Kier molecular flexibility index (Phi) is 5.63. The zero-order chi connectivity index (χ0) is 12.8. The molecule has 1 atom stereocenters. The van der Waals surface area contributed by atoms with Gasteiger partial charge in [0.15, 0.2) is 0 Å². The average Bonchev–Trinajstić information content (AvgIpc) is 2.43. The van der Waals surface area contributed by atoms with E-state index in [2.05, 4.69) is 50.4 Å². The number of rotatable bonds is 5. The molecule has 3 nitrogen and oxygen atoms in total. The summed E-state index contributed by atoms with van der Waals surface area (Å²) in [6.07, 6.45) is 2.06. The van der Waals surface area contributed by atoms with E-state index >= 15 is 0 Å². The van der Waals surface area contributed by atoms with Crippen LogP contribution in [0.15, 0.2) is 28.7 Å². The van der Waals surface area contributed by atoms with Crippen molar-refractivity contribution < 1.29 is 5.11 Å². The molecule has 1 aliphatic rings. The summed E-state index contributed by atoms with van der Waals surface area (Å²) < 4.78 is 1.12. The van der Waals surface area contributed by atoms with E-state index in [-0.39, 0.29) is 6.61 Å². The lowest BCUT2D eigenvalue weighted by atomic mass is 10.0. The lowest BCUT2D eigenvalue weighted by molar-refractivity contribution is 0.104. The van der Waals surface area contributed by atoms with Crippen LogP contribution in [0.4, 0.5) is 0 Å². The van der Waals surface area contributed by atoms with Crippen LogP contribution in [0.2, 0.25) is 0 Å². The molecule has 2 rings (SSSR count). The topological polar surface area (TPSA) is 35.5 Å². The molecule has 0 radical (unpaired) electrons. The molecule has 4 heteroatoms. The first-order valence-corrected chi connectivity index (χ1v) is 7.39. The molecule has 1 unspecified atom stereocenters. The van der Waals surface area contributed by atoms with Crippen LogP contribution < -0.4 is 5.32 Å². The summed E-state index contributed by atoms with van der Waals surface area (Å²) in [5.74, 6) is 0. The molecule has 0 amide bonds. The standard InChI is InChI=1S/C14H21BrN2O/c15-13-4-1-12(2-5-13)3-6-14(11-18)17-9-7-16-8-10-17/h1-2,4-5,14,16,18H,3,6-11H2. The Balaban J connectivity index is 1.84. The van der Waals surface area contributed by atoms with Crippen molar-refractivity contribution in [3.05, 3.63) is 34.3 Å². The van der Waals surface area contributed by atoms with E-state index in [0.717, 1.165) is 43.5 Å². The van der Waals surface area contributed by atoms with Crippen LogP contribution in [0.5, 0.6) is 0 Å². The summed E-state index contributed by atoms with van der Waals surface area (Å²) in [5, 5.41) is 12.9. The Morgan fingerprint density at radius 3 is 2.50 bits per heavy atom. The molecule has 2 N–H and O–H groups in total. The van der Waals surface area contributed by atoms with Crippen molar-refractivity contribution in [1.29, 1.82) is 0 Å². The molecule has 1 aromatic carbocycles. The molecule has 0 saturated carbocycles. The summed E-state index contributed by atoms with van der Waals surface area (Å²) in [5.41, 5.74) is 1.34. The molecule has 18 heavy (non-hydrogen) atoms. The summed E-state index contributed by atoms with van der Waals surface area (Å²) >= 11 is 3.45. The van der Waals surface area contributed by atoms with Gasteiger partial charge in [0.05, 0.1) is 6.61 Å². The highest BCUT2D eigenvalue weighted by atomic mass is 79.9. The number of nitrogens with zero attached hydrogens (tertiary/aromatic N) is 1. The predicted octanol–water partition coefficient (Wildman–Crippen LogP) is 1.65. The fraction of sp³-hybridized carbons (Fsp3) is 0.571. The van der Waals surface area contributed by atoms with Crippen molar-refractivity contribution in [3.8, 4) is 0 Å². The lowest BCUT2D eigenvalue weighted by Gasteiger charge is -2.34. The number of hydrogen-bond donors (Lipinski definition) is 2. The Labute approximate surface area is 117 Å². The minimum Gasteiger partial charge on any atom is -0.395 e. The molecule has 100 valence electrons. The molecule has 0 aliphatic carbocycles. The fourth-order valence-corrected chi connectivity index (χ4v) is 2.69. The molecular weight excluding hydrogens is 292 g/mol. The summed E-state index contributed by atoms with van der Waals surface area (Å²) in [7, 11) is 0. The second-order valence-corrected chi connectivity index (χ2v) is 5.70. The van der Waals surface area contributed by atoms with Crippen molar-refractivity contribution >= 4 is 15.9 Å². The highest BCUT2D eigenvalue weighted by Crippen LogP contribution is 2.14. The largest absolute Gasteiger partial charge is 0.395 e. The Bertz CT molecular complexity index is 349. The van der Waals surface area contributed by atoms with E-state index in [1.54, 1.807) is 0 Å². The van der Waals surface area contributed by atoms with Gasteiger partial charge < -0.3 is 10.4 Å². The smallest absolute Gasteiger partial charge is 0.0587 e. The number of piperazine rings is 1. The van der Waals surface area contributed by atoms with Crippen molar-refractivity contribution in [3.63, 3.8) is 0 Å². The number of aliphatic hydroxyl groups is 1. The maximum atomic E-state index is 9.53. The van der Waals surface area contributed by atoms with Crippen molar-refractivity contribution in [2.45, 2.75) is 18.9 Å². The quantitative estimate of drug-likeness (QED) is 0.868. The number of aryl methyl sites for hydroxylation is 1. The van der Waals surface area contributed by atoms with E-state index in [1.165, 1.54) is 5.56 Å². The molecule has 0 spiro atoms. The van der Waals surface area contributed by atoms with E-state index in [0.29, 0.717) is 6.04 Å². The molecule has 1 aromatic rings. The van der Waals surface area contributed by atoms with E-state index in [4.69, 9.17) is 0 Å². The SMILES string of the molecule is OCC(CCc1ccc(Br)cc1)N1CCNCC1. The van der Waals surface area contributed by atoms with Gasteiger partial charge in [-0.3, -0.25) is 4.90 Å². The Morgan fingerprint density at radius 1 is 1.22 bits per heavy atom. The minimum absolute atomic E-state index is 0.260. The second-order valence-electron chi connectivity index (χ2n) is 4.79. The molecular formula is C14H21BrN2O. The van der Waals surface area contributed by atoms with Gasteiger partial charge in [-0.25, -0.2) is 0 Å². The molecule has 1 aliphatic heterocycles. The number of nitrogens with one attached hydrogen (secondary N) is 1.